The molecule has 0 radical (unpaired) electrons. The molecule has 0 spiro atoms. The maximum absolute atomic E-state index is 12.8. The largest absolute Gasteiger partial charge is 0.497 e. The van der Waals surface area contributed by atoms with Gasteiger partial charge in [-0.2, -0.15) is 26.3 Å². The fourth-order valence-corrected chi connectivity index (χ4v) is 2.02. The standard InChI is InChI=1S/C16H12F6N2O2/c1-26-13-4-2-3-11(8-13)23-14(25)24-12-6-9(15(17,18)19)5-10(7-12)16(20,21)22/h2-8H,1H3,(H2,23,24,25). The minimum Gasteiger partial charge on any atom is -0.497 e. The molecule has 10 heteroatoms. The lowest BCUT2D eigenvalue weighted by Crippen LogP contribution is -2.20. The molecule has 0 aliphatic heterocycles. The number of hydrogen-bond donors (Lipinski definition) is 2. The molecule has 0 fully saturated rings. The van der Waals surface area contributed by atoms with Crippen LogP contribution in [0.3, 0.4) is 0 Å². The van der Waals surface area contributed by atoms with Gasteiger partial charge in [0.15, 0.2) is 0 Å². The maximum atomic E-state index is 12.8. The lowest BCUT2D eigenvalue weighted by atomic mass is 10.1. The molecule has 0 aliphatic rings. The Hall–Kier alpha value is -2.91. The molecule has 2 rings (SSSR count). The third kappa shape index (κ3) is 5.04. The Labute approximate surface area is 143 Å². The summed E-state index contributed by atoms with van der Waals surface area (Å²) in [4.78, 5) is 11.9. The Morgan fingerprint density at radius 1 is 0.846 bits per heavy atom. The zero-order chi connectivity index (χ0) is 19.5. The van der Waals surface area contributed by atoms with E-state index in [1.54, 1.807) is 12.1 Å². The summed E-state index contributed by atoms with van der Waals surface area (Å²) in [6.07, 6.45) is -10.00. The molecule has 0 aromatic heterocycles. The molecule has 4 nitrogen and oxygen atoms in total. The van der Waals surface area contributed by atoms with E-state index in [0.717, 1.165) is 0 Å². The van der Waals surface area contributed by atoms with E-state index in [1.807, 2.05) is 5.32 Å². The summed E-state index contributed by atoms with van der Waals surface area (Å²) in [6.45, 7) is 0. The second kappa shape index (κ2) is 7.14. The van der Waals surface area contributed by atoms with Crippen LogP contribution < -0.4 is 15.4 Å². The van der Waals surface area contributed by atoms with Crippen molar-refractivity contribution in [2.45, 2.75) is 12.4 Å². The summed E-state index contributed by atoms with van der Waals surface area (Å²) in [7, 11) is 1.39. The lowest BCUT2D eigenvalue weighted by Gasteiger charge is -2.15. The molecular formula is C16H12F6N2O2. The quantitative estimate of drug-likeness (QED) is 0.705. The number of rotatable bonds is 3. The van der Waals surface area contributed by atoms with E-state index in [9.17, 15) is 31.1 Å². The number of halogens is 6. The Balaban J connectivity index is 2.25. The number of benzene rings is 2. The Morgan fingerprint density at radius 3 is 1.88 bits per heavy atom. The summed E-state index contributed by atoms with van der Waals surface area (Å²) in [6, 6.07) is 5.82. The average Bonchev–Trinajstić information content (AvgIpc) is 2.53. The van der Waals surface area contributed by atoms with Crippen LogP contribution >= 0.6 is 0 Å². The van der Waals surface area contributed by atoms with Crippen LogP contribution in [0.25, 0.3) is 0 Å². The minimum absolute atomic E-state index is 0.0227. The molecular weight excluding hydrogens is 366 g/mol. The molecule has 0 atom stereocenters. The fraction of sp³-hybridized carbons (Fsp3) is 0.188. The van der Waals surface area contributed by atoms with E-state index in [1.165, 1.54) is 19.2 Å². The van der Waals surface area contributed by atoms with Crippen LogP contribution in [0.1, 0.15) is 11.1 Å². The number of carbonyl (C=O) groups is 1. The number of nitrogens with one attached hydrogen (secondary N) is 2. The number of methoxy groups -OCH3 is 1. The van der Waals surface area contributed by atoms with Gasteiger partial charge in [0.25, 0.3) is 0 Å². The molecule has 0 saturated carbocycles. The first kappa shape index (κ1) is 19.4. The summed E-state index contributed by atoms with van der Waals surface area (Å²) < 4.78 is 81.7. The SMILES string of the molecule is COc1cccc(NC(=O)Nc2cc(C(F)(F)F)cc(C(F)(F)F)c2)c1. The summed E-state index contributed by atoms with van der Waals surface area (Å²) in [5, 5.41) is 4.25. The van der Waals surface area contributed by atoms with Crippen LogP contribution in [0.15, 0.2) is 42.5 Å². The highest BCUT2D eigenvalue weighted by atomic mass is 19.4. The number of hydrogen-bond acceptors (Lipinski definition) is 2. The monoisotopic (exact) mass is 378 g/mol. The minimum atomic E-state index is -5.00. The van der Waals surface area contributed by atoms with Gasteiger partial charge in [-0.25, -0.2) is 4.79 Å². The second-order valence-corrected chi connectivity index (χ2v) is 5.11. The third-order valence-corrected chi connectivity index (χ3v) is 3.17. The predicted molar refractivity (Wildman–Crippen MR) is 82.1 cm³/mol. The summed E-state index contributed by atoms with van der Waals surface area (Å²) >= 11 is 0. The number of amides is 2. The van der Waals surface area contributed by atoms with Crippen molar-refractivity contribution in [3.05, 3.63) is 53.6 Å². The van der Waals surface area contributed by atoms with Crippen molar-refractivity contribution in [3.63, 3.8) is 0 Å². The Kier molecular flexibility index (Phi) is 5.33. The van der Waals surface area contributed by atoms with Gasteiger partial charge < -0.3 is 15.4 Å². The van der Waals surface area contributed by atoms with Crippen molar-refractivity contribution in [1.29, 1.82) is 0 Å². The molecule has 0 heterocycles. The van der Waals surface area contributed by atoms with Crippen molar-refractivity contribution in [3.8, 4) is 5.75 Å². The smallest absolute Gasteiger partial charge is 0.416 e. The van der Waals surface area contributed by atoms with Crippen LogP contribution in [-0.4, -0.2) is 13.1 Å². The predicted octanol–water partition coefficient (Wildman–Crippen LogP) is 5.38. The van der Waals surface area contributed by atoms with E-state index in [2.05, 4.69) is 5.32 Å². The molecule has 2 aromatic rings. The van der Waals surface area contributed by atoms with Crippen LogP contribution in [-0.2, 0) is 12.4 Å². The first-order valence-corrected chi connectivity index (χ1v) is 7.00. The van der Waals surface area contributed by atoms with Gasteiger partial charge in [-0.15, -0.1) is 0 Å². The first-order valence-electron chi connectivity index (χ1n) is 7.00. The highest BCUT2D eigenvalue weighted by Crippen LogP contribution is 2.37. The molecule has 0 unspecified atom stereocenters. The molecule has 0 saturated heterocycles. The Bertz CT molecular complexity index is 770. The molecule has 140 valence electrons. The van der Waals surface area contributed by atoms with E-state index in [0.29, 0.717) is 17.9 Å². The third-order valence-electron chi connectivity index (χ3n) is 3.17. The van der Waals surface area contributed by atoms with E-state index in [4.69, 9.17) is 4.74 Å². The van der Waals surface area contributed by atoms with E-state index >= 15 is 0 Å². The van der Waals surface area contributed by atoms with Gasteiger partial charge in [0.05, 0.1) is 18.2 Å². The number of alkyl halides is 6. The van der Waals surface area contributed by atoms with Crippen molar-refractivity contribution in [1.82, 2.24) is 0 Å². The molecule has 0 bridgehead atoms. The van der Waals surface area contributed by atoms with Crippen LogP contribution in [0, 0.1) is 0 Å². The first-order chi connectivity index (χ1) is 12.0. The zero-order valence-corrected chi connectivity index (χ0v) is 13.1. The molecule has 2 aromatic carbocycles. The van der Waals surface area contributed by atoms with Gasteiger partial charge in [-0.05, 0) is 30.3 Å². The Morgan fingerprint density at radius 2 is 1.38 bits per heavy atom. The van der Waals surface area contributed by atoms with Crippen LogP contribution in [0.2, 0.25) is 0 Å². The van der Waals surface area contributed by atoms with E-state index in [-0.39, 0.29) is 11.8 Å². The number of carbonyl (C=O) groups excluding carboxylic acids is 1. The van der Waals surface area contributed by atoms with Gasteiger partial charge >= 0.3 is 18.4 Å². The highest BCUT2D eigenvalue weighted by molar-refractivity contribution is 6.00. The highest BCUT2D eigenvalue weighted by Gasteiger charge is 2.37. The van der Waals surface area contributed by atoms with Crippen molar-refractivity contribution in [2.75, 3.05) is 17.7 Å². The molecule has 26 heavy (non-hydrogen) atoms. The molecule has 0 aliphatic carbocycles. The number of anilines is 2. The fourth-order valence-electron chi connectivity index (χ4n) is 2.02. The van der Waals surface area contributed by atoms with Gasteiger partial charge in [0, 0.05) is 17.4 Å². The number of urea groups is 1. The topological polar surface area (TPSA) is 50.4 Å². The van der Waals surface area contributed by atoms with Crippen molar-refractivity contribution < 1.29 is 35.9 Å². The van der Waals surface area contributed by atoms with Crippen molar-refractivity contribution in [2.24, 2.45) is 0 Å². The molecule has 2 N–H and O–H groups in total. The summed E-state index contributed by atoms with van der Waals surface area (Å²) in [5.41, 5.74) is -3.45. The normalized spacial score (nSPS) is 11.8. The van der Waals surface area contributed by atoms with Crippen molar-refractivity contribution >= 4 is 17.4 Å². The van der Waals surface area contributed by atoms with Crippen LogP contribution in [0.5, 0.6) is 5.75 Å². The average molecular weight is 378 g/mol. The summed E-state index contributed by atoms with van der Waals surface area (Å²) in [5.74, 6) is 0.404. The zero-order valence-electron chi connectivity index (χ0n) is 13.1. The lowest BCUT2D eigenvalue weighted by molar-refractivity contribution is -0.143. The van der Waals surface area contributed by atoms with Gasteiger partial charge in [0.1, 0.15) is 5.75 Å². The molecule has 2 amide bonds. The second-order valence-electron chi connectivity index (χ2n) is 5.11. The van der Waals surface area contributed by atoms with Gasteiger partial charge in [-0.1, -0.05) is 6.07 Å². The van der Waals surface area contributed by atoms with Gasteiger partial charge in [-0.3, -0.25) is 0 Å². The van der Waals surface area contributed by atoms with Gasteiger partial charge in [0.2, 0.25) is 0 Å². The van der Waals surface area contributed by atoms with E-state index < -0.39 is 35.2 Å². The maximum Gasteiger partial charge on any atom is 0.416 e. The van der Waals surface area contributed by atoms with Crippen LogP contribution in [0.4, 0.5) is 42.5 Å². The number of ether oxygens (including phenoxy) is 1.